The summed E-state index contributed by atoms with van der Waals surface area (Å²) in [6.07, 6.45) is 0. The monoisotopic (exact) mass is 279 g/mol. The summed E-state index contributed by atoms with van der Waals surface area (Å²) in [5.74, 6) is 0.348. The molecular formula is C15H15ClFNO. The summed E-state index contributed by atoms with van der Waals surface area (Å²) < 4.78 is 19.2. The molecule has 0 aliphatic carbocycles. The molecule has 2 rings (SSSR count). The zero-order chi connectivity index (χ0) is 13.8. The Morgan fingerprint density at radius 2 is 2.00 bits per heavy atom. The Morgan fingerprint density at radius 1 is 1.26 bits per heavy atom. The molecule has 2 aromatic rings. The molecule has 4 heteroatoms. The quantitative estimate of drug-likeness (QED) is 0.922. The lowest BCUT2D eigenvalue weighted by Gasteiger charge is -2.15. The highest BCUT2D eigenvalue weighted by atomic mass is 35.5. The first-order valence-corrected chi connectivity index (χ1v) is 6.34. The zero-order valence-corrected chi connectivity index (χ0v) is 11.3. The van der Waals surface area contributed by atoms with Crippen LogP contribution in [0.2, 0.25) is 5.02 Å². The highest BCUT2D eigenvalue weighted by molar-refractivity contribution is 6.30. The molecule has 19 heavy (non-hydrogen) atoms. The van der Waals surface area contributed by atoms with Crippen LogP contribution < -0.4 is 10.5 Å². The third kappa shape index (κ3) is 3.46. The lowest BCUT2D eigenvalue weighted by molar-refractivity contribution is 0.286. The molecule has 0 amide bonds. The Balaban J connectivity index is 2.06. The van der Waals surface area contributed by atoms with Crippen LogP contribution in [0.15, 0.2) is 42.5 Å². The molecule has 2 nitrogen and oxygen atoms in total. The molecule has 0 heterocycles. The van der Waals surface area contributed by atoms with Crippen molar-refractivity contribution in [2.75, 3.05) is 6.61 Å². The van der Waals surface area contributed by atoms with Gasteiger partial charge in [0.1, 0.15) is 18.2 Å². The molecular weight excluding hydrogens is 265 g/mol. The van der Waals surface area contributed by atoms with Crippen molar-refractivity contribution in [3.63, 3.8) is 0 Å². The summed E-state index contributed by atoms with van der Waals surface area (Å²) in [4.78, 5) is 0. The van der Waals surface area contributed by atoms with Crippen molar-refractivity contribution >= 4 is 11.6 Å². The number of hydrogen-bond acceptors (Lipinski definition) is 2. The van der Waals surface area contributed by atoms with Crippen molar-refractivity contribution in [3.8, 4) is 5.75 Å². The first-order chi connectivity index (χ1) is 9.08. The first kappa shape index (κ1) is 13.8. The Bertz CT molecular complexity index is 574. The zero-order valence-electron chi connectivity index (χ0n) is 10.6. The largest absolute Gasteiger partial charge is 0.491 e. The van der Waals surface area contributed by atoms with Gasteiger partial charge < -0.3 is 10.5 Å². The average molecular weight is 280 g/mol. The van der Waals surface area contributed by atoms with Gasteiger partial charge in [-0.2, -0.15) is 0 Å². The standard InChI is InChI=1S/C15H15ClFNO/c1-10-6-7-11(16)8-15(10)19-9-14(18)12-4-2-3-5-13(12)17/h2-8,14H,9,18H2,1H3. The van der Waals surface area contributed by atoms with E-state index in [9.17, 15) is 4.39 Å². The van der Waals surface area contributed by atoms with E-state index in [2.05, 4.69) is 0 Å². The van der Waals surface area contributed by atoms with E-state index in [1.165, 1.54) is 6.07 Å². The minimum Gasteiger partial charge on any atom is -0.491 e. The van der Waals surface area contributed by atoms with Crippen LogP contribution >= 0.6 is 11.6 Å². The number of halogens is 2. The molecule has 1 atom stereocenters. The van der Waals surface area contributed by atoms with Crippen molar-refractivity contribution in [1.29, 1.82) is 0 Å². The molecule has 100 valence electrons. The van der Waals surface area contributed by atoms with Gasteiger partial charge >= 0.3 is 0 Å². The van der Waals surface area contributed by atoms with Crippen LogP contribution in [0.1, 0.15) is 17.2 Å². The second kappa shape index (κ2) is 6.04. The highest BCUT2D eigenvalue weighted by Crippen LogP contribution is 2.24. The third-order valence-corrected chi connectivity index (χ3v) is 3.11. The maximum absolute atomic E-state index is 13.6. The Morgan fingerprint density at radius 3 is 2.74 bits per heavy atom. The molecule has 0 saturated carbocycles. The predicted octanol–water partition coefficient (Wildman–Crippen LogP) is 3.87. The second-order valence-electron chi connectivity index (χ2n) is 4.35. The summed E-state index contributed by atoms with van der Waals surface area (Å²) in [6.45, 7) is 2.11. The number of nitrogens with two attached hydrogens (primary N) is 1. The summed E-state index contributed by atoms with van der Waals surface area (Å²) in [7, 11) is 0. The van der Waals surface area contributed by atoms with Crippen molar-refractivity contribution in [2.45, 2.75) is 13.0 Å². The third-order valence-electron chi connectivity index (χ3n) is 2.87. The van der Waals surface area contributed by atoms with Crippen molar-refractivity contribution in [1.82, 2.24) is 0 Å². The van der Waals surface area contributed by atoms with Gasteiger partial charge in [0.25, 0.3) is 0 Å². The van der Waals surface area contributed by atoms with Gasteiger partial charge in [0.05, 0.1) is 6.04 Å². The topological polar surface area (TPSA) is 35.2 Å². The number of ether oxygens (including phenoxy) is 1. The molecule has 2 aromatic carbocycles. The van der Waals surface area contributed by atoms with Gasteiger partial charge in [-0.25, -0.2) is 4.39 Å². The van der Waals surface area contributed by atoms with Crippen LogP contribution in [0.25, 0.3) is 0 Å². The van der Waals surface area contributed by atoms with Crippen LogP contribution in [0.3, 0.4) is 0 Å². The van der Waals surface area contributed by atoms with Crippen molar-refractivity contribution in [2.24, 2.45) is 5.73 Å². The van der Waals surface area contributed by atoms with Gasteiger partial charge in [0.2, 0.25) is 0 Å². The molecule has 0 aliphatic rings. The van der Waals surface area contributed by atoms with Crippen LogP contribution in [0.5, 0.6) is 5.75 Å². The van der Waals surface area contributed by atoms with E-state index in [1.54, 1.807) is 30.3 Å². The van der Waals surface area contributed by atoms with Gasteiger partial charge in [-0.3, -0.25) is 0 Å². The summed E-state index contributed by atoms with van der Waals surface area (Å²) in [6, 6.07) is 11.3. The van der Waals surface area contributed by atoms with Gasteiger partial charge in [0.15, 0.2) is 0 Å². The molecule has 0 radical (unpaired) electrons. The van der Waals surface area contributed by atoms with Crippen LogP contribution in [-0.4, -0.2) is 6.61 Å². The van der Waals surface area contributed by atoms with E-state index < -0.39 is 6.04 Å². The minimum absolute atomic E-state index is 0.197. The molecule has 0 saturated heterocycles. The van der Waals surface area contributed by atoms with E-state index in [4.69, 9.17) is 22.1 Å². The molecule has 0 fully saturated rings. The lowest BCUT2D eigenvalue weighted by atomic mass is 10.1. The van der Waals surface area contributed by atoms with E-state index in [0.717, 1.165) is 5.56 Å². The van der Waals surface area contributed by atoms with Crippen molar-refractivity contribution in [3.05, 3.63) is 64.4 Å². The number of aryl methyl sites for hydroxylation is 1. The summed E-state index contributed by atoms with van der Waals surface area (Å²) in [5.41, 5.74) is 7.34. The smallest absolute Gasteiger partial charge is 0.128 e. The Kier molecular flexibility index (Phi) is 4.40. The molecule has 0 aliphatic heterocycles. The van der Waals surface area contributed by atoms with Crippen molar-refractivity contribution < 1.29 is 9.13 Å². The van der Waals surface area contributed by atoms with Gasteiger partial charge in [0, 0.05) is 10.6 Å². The van der Waals surface area contributed by atoms with Gasteiger partial charge in [-0.05, 0) is 30.7 Å². The highest BCUT2D eigenvalue weighted by Gasteiger charge is 2.12. The number of rotatable bonds is 4. The van der Waals surface area contributed by atoms with E-state index in [0.29, 0.717) is 16.3 Å². The van der Waals surface area contributed by atoms with E-state index in [1.807, 2.05) is 13.0 Å². The SMILES string of the molecule is Cc1ccc(Cl)cc1OCC(N)c1ccccc1F. The normalized spacial score (nSPS) is 12.2. The van der Waals surface area contributed by atoms with Gasteiger partial charge in [-0.15, -0.1) is 0 Å². The fourth-order valence-corrected chi connectivity index (χ4v) is 1.94. The van der Waals surface area contributed by atoms with E-state index in [-0.39, 0.29) is 12.4 Å². The number of hydrogen-bond donors (Lipinski definition) is 1. The summed E-state index contributed by atoms with van der Waals surface area (Å²) in [5, 5.41) is 0.597. The van der Waals surface area contributed by atoms with Crippen LogP contribution in [-0.2, 0) is 0 Å². The first-order valence-electron chi connectivity index (χ1n) is 5.97. The van der Waals surface area contributed by atoms with E-state index >= 15 is 0 Å². The number of benzene rings is 2. The van der Waals surface area contributed by atoms with Crippen LogP contribution in [0, 0.1) is 12.7 Å². The van der Waals surface area contributed by atoms with Gasteiger partial charge in [-0.1, -0.05) is 35.9 Å². The molecule has 1 unspecified atom stereocenters. The summed E-state index contributed by atoms with van der Waals surface area (Å²) >= 11 is 5.90. The molecule has 0 spiro atoms. The average Bonchev–Trinajstić information content (AvgIpc) is 2.40. The maximum Gasteiger partial charge on any atom is 0.128 e. The minimum atomic E-state index is -0.514. The Hall–Kier alpha value is -1.58. The second-order valence-corrected chi connectivity index (χ2v) is 4.79. The Labute approximate surface area is 117 Å². The fraction of sp³-hybridized carbons (Fsp3) is 0.200. The molecule has 2 N–H and O–H groups in total. The molecule has 0 aromatic heterocycles. The predicted molar refractivity (Wildman–Crippen MR) is 75.0 cm³/mol. The maximum atomic E-state index is 13.6. The molecule has 0 bridgehead atoms. The fourth-order valence-electron chi connectivity index (χ4n) is 1.77. The van der Waals surface area contributed by atoms with Crippen LogP contribution in [0.4, 0.5) is 4.39 Å². The lowest BCUT2D eigenvalue weighted by Crippen LogP contribution is -2.20.